The van der Waals surface area contributed by atoms with E-state index in [1.165, 1.54) is 0 Å². The Morgan fingerprint density at radius 2 is 1.87 bits per heavy atom. The molecule has 3 aromatic heterocycles. The van der Waals surface area contributed by atoms with Crippen LogP contribution in [0.15, 0.2) is 48.9 Å². The van der Waals surface area contributed by atoms with E-state index in [1.807, 2.05) is 42.1 Å². The molecule has 0 aliphatic heterocycles. The number of benzene rings is 1. The third kappa shape index (κ3) is 3.50. The lowest BCUT2D eigenvalue weighted by Gasteiger charge is -2.17. The van der Waals surface area contributed by atoms with E-state index in [9.17, 15) is 4.79 Å². The van der Waals surface area contributed by atoms with Crippen molar-refractivity contribution in [1.29, 1.82) is 0 Å². The molecule has 0 amide bonds. The summed E-state index contributed by atoms with van der Waals surface area (Å²) < 4.78 is 1.81. The fourth-order valence-electron chi connectivity index (χ4n) is 4.07. The fourth-order valence-corrected chi connectivity index (χ4v) is 4.07. The first-order valence-corrected chi connectivity index (χ1v) is 9.99. The van der Waals surface area contributed by atoms with Gasteiger partial charge < -0.3 is 5.11 Å². The summed E-state index contributed by atoms with van der Waals surface area (Å²) in [6.45, 7) is 4.15. The first-order valence-electron chi connectivity index (χ1n) is 9.99. The number of aliphatic hydroxyl groups is 1. The van der Waals surface area contributed by atoms with Crippen LogP contribution in [0.3, 0.4) is 0 Å². The number of carbonyl (C=O) groups excluding carboxylic acids is 1. The molecular weight excluding hydrogens is 376 g/mol. The quantitative estimate of drug-likeness (QED) is 0.489. The predicted octanol–water partition coefficient (Wildman–Crippen LogP) is 4.27. The van der Waals surface area contributed by atoms with Gasteiger partial charge in [0.05, 0.1) is 11.2 Å². The Kier molecular flexibility index (Phi) is 5.42. The Hall–Kier alpha value is -3.38. The van der Waals surface area contributed by atoms with Crippen LogP contribution in [0.5, 0.6) is 0 Å². The average molecular weight is 400 g/mol. The normalized spacial score (nSPS) is 11.2. The van der Waals surface area contributed by atoms with Gasteiger partial charge in [-0.15, -0.1) is 0 Å². The maximum atomic E-state index is 12.7. The van der Waals surface area contributed by atoms with Gasteiger partial charge >= 0.3 is 0 Å². The van der Waals surface area contributed by atoms with Crippen LogP contribution in [0, 0.1) is 13.8 Å². The van der Waals surface area contributed by atoms with E-state index in [1.54, 1.807) is 18.6 Å². The van der Waals surface area contributed by atoms with Crippen molar-refractivity contribution in [2.24, 2.45) is 7.05 Å². The molecule has 0 unspecified atom stereocenters. The highest BCUT2D eigenvalue weighted by atomic mass is 16.3. The lowest BCUT2D eigenvalue weighted by atomic mass is 9.90. The molecule has 0 saturated heterocycles. The van der Waals surface area contributed by atoms with E-state index in [2.05, 4.69) is 23.9 Å². The van der Waals surface area contributed by atoms with Crippen LogP contribution in [0.4, 0.5) is 0 Å². The summed E-state index contributed by atoms with van der Waals surface area (Å²) in [7, 11) is 1.89. The van der Waals surface area contributed by atoms with Crippen molar-refractivity contribution in [2.45, 2.75) is 26.7 Å². The minimum Gasteiger partial charge on any atom is -0.396 e. The van der Waals surface area contributed by atoms with Gasteiger partial charge in [0.25, 0.3) is 0 Å². The summed E-state index contributed by atoms with van der Waals surface area (Å²) in [5, 5.41) is 14.4. The lowest BCUT2D eigenvalue weighted by Crippen LogP contribution is -2.06. The number of pyridine rings is 2. The number of aliphatic hydroxyl groups excluding tert-OH is 1. The van der Waals surface area contributed by atoms with Crippen LogP contribution in [-0.2, 0) is 7.05 Å². The van der Waals surface area contributed by atoms with E-state index in [0.717, 1.165) is 44.4 Å². The number of Topliss-reactive ketones (excluding diaryl/α,β-unsaturated/α-hetero) is 1. The molecule has 0 saturated carbocycles. The molecule has 0 radical (unpaired) electrons. The summed E-state index contributed by atoms with van der Waals surface area (Å²) in [4.78, 5) is 21.6. The standard InChI is InChI=1S/C24H24N4O2/c1-15-13-20-24(16(2)23(15)17-6-9-25-10-7-17)18(21-8-11-26-28(21)3)14-19(27-20)22(30)5-4-12-29/h6-11,13-14,29H,4-5,12H2,1-3H3. The monoisotopic (exact) mass is 400 g/mol. The molecule has 1 aromatic carbocycles. The molecule has 0 aliphatic rings. The van der Waals surface area contributed by atoms with Gasteiger partial charge in [-0.3, -0.25) is 14.5 Å². The molecule has 3 heterocycles. The molecule has 6 heteroatoms. The van der Waals surface area contributed by atoms with Crippen LogP contribution < -0.4 is 0 Å². The highest BCUT2D eigenvalue weighted by molar-refractivity contribution is 6.05. The second-order valence-electron chi connectivity index (χ2n) is 7.47. The number of carbonyl (C=O) groups is 1. The average Bonchev–Trinajstić information content (AvgIpc) is 3.17. The number of rotatable bonds is 6. The Bertz CT molecular complexity index is 1230. The number of hydrogen-bond acceptors (Lipinski definition) is 5. The van der Waals surface area contributed by atoms with Crippen LogP contribution >= 0.6 is 0 Å². The number of aromatic nitrogens is 4. The summed E-state index contributed by atoms with van der Waals surface area (Å²) in [5.74, 6) is -0.0668. The van der Waals surface area contributed by atoms with Crippen LogP contribution in [-0.4, -0.2) is 37.2 Å². The molecule has 4 rings (SSSR count). The summed E-state index contributed by atoms with van der Waals surface area (Å²) in [5.41, 5.74) is 7.50. The Morgan fingerprint density at radius 3 is 2.53 bits per heavy atom. The molecule has 0 bridgehead atoms. The second kappa shape index (κ2) is 8.16. The molecule has 6 nitrogen and oxygen atoms in total. The number of ketones is 1. The summed E-state index contributed by atoms with van der Waals surface area (Å²) in [6.07, 6.45) is 6.04. The van der Waals surface area contributed by atoms with E-state index in [0.29, 0.717) is 12.1 Å². The highest BCUT2D eigenvalue weighted by Crippen LogP contribution is 2.38. The van der Waals surface area contributed by atoms with Crippen molar-refractivity contribution in [2.75, 3.05) is 6.61 Å². The predicted molar refractivity (Wildman–Crippen MR) is 117 cm³/mol. The zero-order chi connectivity index (χ0) is 21.3. The van der Waals surface area contributed by atoms with Crippen molar-refractivity contribution in [1.82, 2.24) is 19.7 Å². The Balaban J connectivity index is 2.03. The maximum absolute atomic E-state index is 12.7. The molecule has 0 aliphatic carbocycles. The third-order valence-corrected chi connectivity index (χ3v) is 5.46. The van der Waals surface area contributed by atoms with Gasteiger partial charge in [0.15, 0.2) is 5.78 Å². The van der Waals surface area contributed by atoms with E-state index < -0.39 is 0 Å². The molecule has 4 aromatic rings. The van der Waals surface area contributed by atoms with Crippen molar-refractivity contribution in [3.63, 3.8) is 0 Å². The molecule has 0 fully saturated rings. The van der Waals surface area contributed by atoms with Crippen molar-refractivity contribution < 1.29 is 9.90 Å². The molecule has 152 valence electrons. The van der Waals surface area contributed by atoms with Crippen molar-refractivity contribution in [3.05, 3.63) is 65.7 Å². The first-order chi connectivity index (χ1) is 14.5. The number of nitrogens with zero attached hydrogens (tertiary/aromatic N) is 4. The largest absolute Gasteiger partial charge is 0.396 e. The lowest BCUT2D eigenvalue weighted by molar-refractivity contribution is 0.0967. The SMILES string of the molecule is Cc1cc2nc(C(=O)CCCO)cc(-c3ccnn3C)c2c(C)c1-c1ccncc1. The van der Waals surface area contributed by atoms with E-state index in [-0.39, 0.29) is 18.8 Å². The minimum absolute atomic E-state index is 0.0125. The van der Waals surface area contributed by atoms with Crippen molar-refractivity contribution >= 4 is 16.7 Å². The van der Waals surface area contributed by atoms with E-state index >= 15 is 0 Å². The second-order valence-corrected chi connectivity index (χ2v) is 7.47. The molecule has 30 heavy (non-hydrogen) atoms. The van der Waals surface area contributed by atoms with Gasteiger partial charge in [-0.1, -0.05) is 0 Å². The smallest absolute Gasteiger partial charge is 0.181 e. The van der Waals surface area contributed by atoms with Crippen molar-refractivity contribution in [3.8, 4) is 22.4 Å². The van der Waals surface area contributed by atoms with Gasteiger partial charge in [-0.05, 0) is 72.9 Å². The summed E-state index contributed by atoms with van der Waals surface area (Å²) >= 11 is 0. The highest BCUT2D eigenvalue weighted by Gasteiger charge is 2.19. The minimum atomic E-state index is -0.0668. The fraction of sp³-hybridized carbons (Fsp3) is 0.250. The van der Waals surface area contributed by atoms with Crippen LogP contribution in [0.2, 0.25) is 0 Å². The van der Waals surface area contributed by atoms with Gasteiger partial charge in [-0.2, -0.15) is 5.10 Å². The molecule has 0 atom stereocenters. The van der Waals surface area contributed by atoms with Gasteiger partial charge in [0.2, 0.25) is 0 Å². The van der Waals surface area contributed by atoms with Crippen LogP contribution in [0.25, 0.3) is 33.3 Å². The Labute approximate surface area is 175 Å². The van der Waals surface area contributed by atoms with Gasteiger partial charge in [0.1, 0.15) is 5.69 Å². The van der Waals surface area contributed by atoms with Gasteiger partial charge in [-0.25, -0.2) is 4.98 Å². The topological polar surface area (TPSA) is 80.9 Å². The molecule has 1 N–H and O–H groups in total. The van der Waals surface area contributed by atoms with Crippen LogP contribution in [0.1, 0.15) is 34.5 Å². The number of hydrogen-bond donors (Lipinski definition) is 1. The molecule has 0 spiro atoms. The summed E-state index contributed by atoms with van der Waals surface area (Å²) in [6, 6.07) is 9.86. The maximum Gasteiger partial charge on any atom is 0.181 e. The number of fused-ring (bicyclic) bond motifs is 1. The first kappa shape index (κ1) is 19.9. The third-order valence-electron chi connectivity index (χ3n) is 5.46. The molecular formula is C24H24N4O2. The zero-order valence-corrected chi connectivity index (χ0v) is 17.4. The Morgan fingerprint density at radius 1 is 1.10 bits per heavy atom. The van der Waals surface area contributed by atoms with E-state index in [4.69, 9.17) is 10.1 Å². The number of aryl methyl sites for hydroxylation is 3. The van der Waals surface area contributed by atoms with Gasteiger partial charge in [0, 0.05) is 49.6 Å². The zero-order valence-electron chi connectivity index (χ0n) is 17.4.